The second kappa shape index (κ2) is 11.6. The molecule has 1 aliphatic heterocycles. The fraction of sp³-hybridized carbons (Fsp3) is 0.290. The van der Waals surface area contributed by atoms with E-state index in [1.165, 1.54) is 6.07 Å². The molecule has 0 radical (unpaired) electrons. The van der Waals surface area contributed by atoms with Crippen LogP contribution in [0.15, 0.2) is 84.9 Å². The number of aliphatic hydroxyl groups excluding tert-OH is 1. The summed E-state index contributed by atoms with van der Waals surface area (Å²) < 4.78 is 26.5. The maximum absolute atomic E-state index is 14.1. The summed E-state index contributed by atoms with van der Waals surface area (Å²) in [5.41, 5.74) is 2.75. The normalized spacial score (nSPS) is 15.1. The predicted molar refractivity (Wildman–Crippen MR) is 146 cm³/mol. The number of benzene rings is 4. The first kappa shape index (κ1) is 25.1. The third-order valence-electron chi connectivity index (χ3n) is 6.83. The van der Waals surface area contributed by atoms with Gasteiger partial charge in [0.15, 0.2) is 0 Å². The van der Waals surface area contributed by atoms with Gasteiger partial charge in [0, 0.05) is 43.5 Å². The molecule has 0 saturated carbocycles. The van der Waals surface area contributed by atoms with Gasteiger partial charge in [0.2, 0.25) is 0 Å². The maximum Gasteiger partial charge on any atom is 0.146 e. The van der Waals surface area contributed by atoms with Gasteiger partial charge in [-0.15, -0.1) is 0 Å². The number of halogens is 1. The van der Waals surface area contributed by atoms with Crippen molar-refractivity contribution in [3.8, 4) is 11.5 Å². The fourth-order valence-electron chi connectivity index (χ4n) is 4.91. The number of hydrogen-bond donors (Lipinski definition) is 1. The summed E-state index contributed by atoms with van der Waals surface area (Å²) >= 11 is 0. The minimum atomic E-state index is -0.631. The first-order valence-corrected chi connectivity index (χ1v) is 12.8. The molecular formula is C31H33FN2O3. The number of nitrogens with zero attached hydrogens (tertiary/aromatic N) is 2. The van der Waals surface area contributed by atoms with E-state index in [9.17, 15) is 9.50 Å². The van der Waals surface area contributed by atoms with Crippen molar-refractivity contribution >= 4 is 16.5 Å². The van der Waals surface area contributed by atoms with Crippen molar-refractivity contribution in [3.05, 3.63) is 102 Å². The van der Waals surface area contributed by atoms with Gasteiger partial charge in [-0.05, 0) is 36.2 Å². The Hall–Kier alpha value is -3.61. The van der Waals surface area contributed by atoms with Crippen LogP contribution in [0.25, 0.3) is 10.8 Å². The van der Waals surface area contributed by atoms with E-state index >= 15 is 0 Å². The van der Waals surface area contributed by atoms with Gasteiger partial charge in [0.1, 0.15) is 36.6 Å². The lowest BCUT2D eigenvalue weighted by Crippen LogP contribution is -2.49. The molecule has 0 spiro atoms. The second-order valence-electron chi connectivity index (χ2n) is 9.54. The third-order valence-corrected chi connectivity index (χ3v) is 6.83. The number of para-hydroxylation sites is 1. The van der Waals surface area contributed by atoms with Crippen molar-refractivity contribution < 1.29 is 19.0 Å². The molecule has 4 aromatic carbocycles. The van der Waals surface area contributed by atoms with Crippen molar-refractivity contribution in [2.45, 2.75) is 19.6 Å². The molecule has 0 aromatic heterocycles. The minimum absolute atomic E-state index is 0.191. The highest BCUT2D eigenvalue weighted by Crippen LogP contribution is 2.37. The Labute approximate surface area is 217 Å². The lowest BCUT2D eigenvalue weighted by atomic mass is 10.0. The van der Waals surface area contributed by atoms with E-state index in [2.05, 4.69) is 21.9 Å². The van der Waals surface area contributed by atoms with E-state index in [-0.39, 0.29) is 12.4 Å². The van der Waals surface area contributed by atoms with E-state index < -0.39 is 6.10 Å². The van der Waals surface area contributed by atoms with Gasteiger partial charge in [0.25, 0.3) is 0 Å². The van der Waals surface area contributed by atoms with Crippen molar-refractivity contribution in [1.82, 2.24) is 4.90 Å². The zero-order valence-electron chi connectivity index (χ0n) is 21.1. The zero-order chi connectivity index (χ0) is 25.6. The number of aliphatic hydroxyl groups is 1. The van der Waals surface area contributed by atoms with Crippen LogP contribution in [0.1, 0.15) is 11.1 Å². The Morgan fingerprint density at radius 3 is 2.27 bits per heavy atom. The van der Waals surface area contributed by atoms with Crippen LogP contribution in [0, 0.1) is 12.7 Å². The number of hydrogen-bond acceptors (Lipinski definition) is 5. The summed E-state index contributed by atoms with van der Waals surface area (Å²) in [6.07, 6.45) is -0.631. The summed E-state index contributed by atoms with van der Waals surface area (Å²) in [7, 11) is 0. The van der Waals surface area contributed by atoms with Gasteiger partial charge >= 0.3 is 0 Å². The number of rotatable bonds is 9. The van der Waals surface area contributed by atoms with Crippen LogP contribution in [0.4, 0.5) is 10.1 Å². The minimum Gasteiger partial charge on any atom is -0.490 e. The molecule has 4 aromatic rings. The van der Waals surface area contributed by atoms with Crippen molar-refractivity contribution in [2.75, 3.05) is 44.2 Å². The van der Waals surface area contributed by atoms with E-state index in [1.54, 1.807) is 6.07 Å². The smallest absolute Gasteiger partial charge is 0.146 e. The predicted octanol–water partition coefficient (Wildman–Crippen LogP) is 5.43. The second-order valence-corrected chi connectivity index (χ2v) is 9.54. The molecule has 0 bridgehead atoms. The molecule has 37 heavy (non-hydrogen) atoms. The number of piperazine rings is 1. The number of aryl methyl sites for hydroxylation is 1. The summed E-state index contributed by atoms with van der Waals surface area (Å²) in [4.78, 5) is 4.26. The molecule has 0 amide bonds. The van der Waals surface area contributed by atoms with Crippen molar-refractivity contribution in [1.29, 1.82) is 0 Å². The van der Waals surface area contributed by atoms with Crippen LogP contribution in [0.5, 0.6) is 11.5 Å². The summed E-state index contributed by atoms with van der Waals surface area (Å²) in [6.45, 7) is 6.20. The van der Waals surface area contributed by atoms with Crippen LogP contribution >= 0.6 is 0 Å². The third kappa shape index (κ3) is 6.04. The molecule has 1 unspecified atom stereocenters. The van der Waals surface area contributed by atoms with Gasteiger partial charge in [-0.3, -0.25) is 4.90 Å². The first-order valence-electron chi connectivity index (χ1n) is 12.8. The Balaban J connectivity index is 1.19. The molecular weight excluding hydrogens is 467 g/mol. The van der Waals surface area contributed by atoms with E-state index in [4.69, 9.17) is 9.47 Å². The number of ether oxygens (including phenoxy) is 2. The van der Waals surface area contributed by atoms with E-state index in [0.717, 1.165) is 59.6 Å². The van der Waals surface area contributed by atoms with E-state index in [0.29, 0.717) is 18.8 Å². The molecule has 6 heteroatoms. The molecule has 0 aliphatic carbocycles. The average Bonchev–Trinajstić information content (AvgIpc) is 2.93. The number of anilines is 1. The lowest BCUT2D eigenvalue weighted by Gasteiger charge is -2.37. The topological polar surface area (TPSA) is 45.2 Å². The lowest BCUT2D eigenvalue weighted by molar-refractivity contribution is 0.0667. The maximum atomic E-state index is 14.1. The molecule has 1 heterocycles. The molecule has 5 rings (SSSR count). The van der Waals surface area contributed by atoms with Gasteiger partial charge in [-0.1, -0.05) is 66.7 Å². The molecule has 5 nitrogen and oxygen atoms in total. The zero-order valence-corrected chi connectivity index (χ0v) is 21.1. The van der Waals surface area contributed by atoms with E-state index in [1.807, 2.05) is 67.6 Å². The number of β-amino-alcohol motifs (C(OH)–C–C–N with tert-alkyl or cyclic N) is 1. The van der Waals surface area contributed by atoms with Crippen molar-refractivity contribution in [2.24, 2.45) is 0 Å². The highest BCUT2D eigenvalue weighted by Gasteiger charge is 2.22. The Kier molecular flexibility index (Phi) is 7.87. The summed E-state index contributed by atoms with van der Waals surface area (Å²) in [5, 5.41) is 12.7. The fourth-order valence-corrected chi connectivity index (χ4v) is 4.91. The average molecular weight is 501 g/mol. The van der Waals surface area contributed by atoms with Gasteiger partial charge in [0.05, 0.1) is 5.69 Å². The summed E-state index contributed by atoms with van der Waals surface area (Å²) in [5.74, 6) is 1.40. The number of fused-ring (bicyclic) bond motifs is 1. The SMILES string of the molecule is Cc1cc(OCC(O)CN2CCN(c3ccccc3F)CC2)c2ccccc2c1OCc1ccccc1. The Morgan fingerprint density at radius 1 is 0.838 bits per heavy atom. The van der Waals surface area contributed by atoms with Gasteiger partial charge in [-0.2, -0.15) is 0 Å². The Morgan fingerprint density at radius 2 is 1.51 bits per heavy atom. The summed E-state index contributed by atoms with van der Waals surface area (Å²) in [6, 6.07) is 27.0. The largest absolute Gasteiger partial charge is 0.490 e. The highest BCUT2D eigenvalue weighted by atomic mass is 19.1. The first-order chi connectivity index (χ1) is 18.1. The highest BCUT2D eigenvalue weighted by molar-refractivity contribution is 5.94. The van der Waals surface area contributed by atoms with Crippen LogP contribution in [-0.4, -0.2) is 55.4 Å². The van der Waals surface area contributed by atoms with Crippen molar-refractivity contribution in [3.63, 3.8) is 0 Å². The standard InChI is InChI=1S/C31H33FN2O3/c1-23-19-30(26-11-5-6-12-27(26)31(23)37-21-24-9-3-2-4-10-24)36-22-25(35)20-33-15-17-34(18-16-33)29-14-8-7-13-28(29)32/h2-14,19,25,35H,15-18,20-22H2,1H3. The van der Waals surface area contributed by atoms with Crippen LogP contribution in [0.2, 0.25) is 0 Å². The van der Waals surface area contributed by atoms with Crippen LogP contribution in [-0.2, 0) is 6.61 Å². The van der Waals surface area contributed by atoms with Crippen LogP contribution in [0.3, 0.4) is 0 Å². The monoisotopic (exact) mass is 500 g/mol. The molecule has 1 atom stereocenters. The van der Waals surface area contributed by atoms with Crippen LogP contribution < -0.4 is 14.4 Å². The molecule has 1 fully saturated rings. The molecule has 192 valence electrons. The molecule has 1 aliphatic rings. The molecule has 1 N–H and O–H groups in total. The molecule has 1 saturated heterocycles. The van der Waals surface area contributed by atoms with Gasteiger partial charge in [-0.25, -0.2) is 4.39 Å². The Bertz CT molecular complexity index is 1320. The van der Waals surface area contributed by atoms with Gasteiger partial charge < -0.3 is 19.5 Å². The quantitative estimate of drug-likeness (QED) is 0.332.